The summed E-state index contributed by atoms with van der Waals surface area (Å²) in [6, 6.07) is 9.32. The normalized spacial score (nSPS) is 17.5. The minimum absolute atomic E-state index is 0.188. The molecule has 3 heterocycles. The minimum atomic E-state index is -0.422. The first-order valence-electron chi connectivity index (χ1n) is 9.28. The van der Waals surface area contributed by atoms with Crippen molar-refractivity contribution in [1.29, 1.82) is 0 Å². The van der Waals surface area contributed by atoms with Gasteiger partial charge in [-0.25, -0.2) is 18.7 Å². The molecule has 28 heavy (non-hydrogen) atoms. The number of likely N-dealkylation sites (tertiary alicyclic amines) is 1. The second kappa shape index (κ2) is 7.98. The second-order valence-electron chi connectivity index (χ2n) is 7.13. The summed E-state index contributed by atoms with van der Waals surface area (Å²) in [5.74, 6) is 0.682. The molecule has 1 aromatic carbocycles. The third-order valence-electron chi connectivity index (χ3n) is 4.83. The highest BCUT2D eigenvalue weighted by atomic mass is 19.1. The molecule has 1 N–H and O–H groups in total. The van der Waals surface area contributed by atoms with Crippen molar-refractivity contribution in [2.75, 3.05) is 25.5 Å². The highest BCUT2D eigenvalue weighted by Gasteiger charge is 2.22. The van der Waals surface area contributed by atoms with Crippen molar-refractivity contribution in [3.05, 3.63) is 66.3 Å². The Morgan fingerprint density at radius 1 is 1.07 bits per heavy atom. The van der Waals surface area contributed by atoms with E-state index in [-0.39, 0.29) is 11.7 Å². The maximum absolute atomic E-state index is 13.7. The largest absolute Gasteiger partial charge is 0.340 e. The number of likely N-dealkylation sites (N-methyl/N-ethyl adjacent to an activating group) is 1. The Labute approximate surface area is 162 Å². The summed E-state index contributed by atoms with van der Waals surface area (Å²) >= 11 is 0. The van der Waals surface area contributed by atoms with Crippen molar-refractivity contribution in [1.82, 2.24) is 19.9 Å². The van der Waals surface area contributed by atoms with E-state index >= 15 is 0 Å². The summed E-state index contributed by atoms with van der Waals surface area (Å²) in [6.07, 6.45) is 4.80. The van der Waals surface area contributed by atoms with Crippen LogP contribution in [0.1, 0.15) is 24.6 Å². The molecule has 0 radical (unpaired) electrons. The number of hydrogen-bond acceptors (Lipinski definition) is 5. The van der Waals surface area contributed by atoms with E-state index in [9.17, 15) is 8.78 Å². The zero-order valence-electron chi connectivity index (χ0n) is 15.6. The Kier molecular flexibility index (Phi) is 5.25. The number of aromatic nitrogens is 3. The van der Waals surface area contributed by atoms with E-state index in [0.29, 0.717) is 28.6 Å². The first kappa shape index (κ1) is 18.4. The lowest BCUT2D eigenvalue weighted by Crippen LogP contribution is -2.31. The van der Waals surface area contributed by atoms with Crippen molar-refractivity contribution < 1.29 is 8.78 Å². The van der Waals surface area contributed by atoms with E-state index in [4.69, 9.17) is 4.98 Å². The van der Waals surface area contributed by atoms with Crippen LogP contribution in [0.2, 0.25) is 0 Å². The second-order valence-corrected chi connectivity index (χ2v) is 7.13. The summed E-state index contributed by atoms with van der Waals surface area (Å²) in [6.45, 7) is 1.92. The van der Waals surface area contributed by atoms with Crippen molar-refractivity contribution in [2.45, 2.75) is 18.8 Å². The Balaban J connectivity index is 1.74. The quantitative estimate of drug-likeness (QED) is 0.727. The van der Waals surface area contributed by atoms with E-state index in [1.54, 1.807) is 24.4 Å². The number of anilines is 2. The molecule has 0 aliphatic carbocycles. The molecule has 4 rings (SSSR count). The predicted molar refractivity (Wildman–Crippen MR) is 104 cm³/mol. The van der Waals surface area contributed by atoms with Gasteiger partial charge in [0.1, 0.15) is 23.3 Å². The average Bonchev–Trinajstić information content (AvgIpc) is 2.68. The van der Waals surface area contributed by atoms with Crippen LogP contribution in [0.3, 0.4) is 0 Å². The van der Waals surface area contributed by atoms with Crippen LogP contribution in [-0.4, -0.2) is 40.0 Å². The molecule has 3 aromatic rings. The molecule has 0 spiro atoms. The van der Waals surface area contributed by atoms with Crippen molar-refractivity contribution in [2.24, 2.45) is 0 Å². The summed E-state index contributed by atoms with van der Waals surface area (Å²) in [5.41, 5.74) is 1.76. The van der Waals surface area contributed by atoms with Gasteiger partial charge in [0.15, 0.2) is 0 Å². The average molecular weight is 381 g/mol. The molecule has 1 aliphatic rings. The van der Waals surface area contributed by atoms with Crippen LogP contribution >= 0.6 is 0 Å². The van der Waals surface area contributed by atoms with Gasteiger partial charge in [0.25, 0.3) is 0 Å². The fourth-order valence-electron chi connectivity index (χ4n) is 3.50. The minimum Gasteiger partial charge on any atom is -0.340 e. The van der Waals surface area contributed by atoms with E-state index in [2.05, 4.69) is 27.2 Å². The summed E-state index contributed by atoms with van der Waals surface area (Å²) < 4.78 is 27.2. The number of nitrogens with zero attached hydrogens (tertiary/aromatic N) is 4. The maximum Gasteiger partial charge on any atom is 0.142 e. The molecule has 0 bridgehead atoms. The van der Waals surface area contributed by atoms with Crippen LogP contribution in [0, 0.1) is 11.6 Å². The molecule has 1 atom stereocenters. The lowest BCUT2D eigenvalue weighted by Gasteiger charge is -2.29. The molecule has 1 aliphatic heterocycles. The Morgan fingerprint density at radius 2 is 1.96 bits per heavy atom. The zero-order valence-corrected chi connectivity index (χ0v) is 15.6. The topological polar surface area (TPSA) is 53.9 Å². The highest BCUT2D eigenvalue weighted by molar-refractivity contribution is 5.65. The number of pyridine rings is 1. The molecule has 0 saturated carbocycles. The molecular weight excluding hydrogens is 360 g/mol. The van der Waals surface area contributed by atoms with Crippen LogP contribution in [0.25, 0.3) is 11.3 Å². The third-order valence-corrected chi connectivity index (χ3v) is 4.83. The highest BCUT2D eigenvalue weighted by Crippen LogP contribution is 2.29. The lowest BCUT2D eigenvalue weighted by atomic mass is 9.97. The fraction of sp³-hybridized carbons (Fsp3) is 0.286. The van der Waals surface area contributed by atoms with Gasteiger partial charge in [0, 0.05) is 36.0 Å². The van der Waals surface area contributed by atoms with E-state index in [0.717, 1.165) is 32.1 Å². The van der Waals surface area contributed by atoms with Crippen LogP contribution in [0.15, 0.2) is 48.8 Å². The predicted octanol–water partition coefficient (Wildman–Crippen LogP) is 4.37. The van der Waals surface area contributed by atoms with E-state index in [1.165, 1.54) is 18.2 Å². The van der Waals surface area contributed by atoms with Crippen molar-refractivity contribution in [3.63, 3.8) is 0 Å². The number of nitrogens with one attached hydrogen (secondary N) is 1. The monoisotopic (exact) mass is 381 g/mol. The first-order valence-corrected chi connectivity index (χ1v) is 9.28. The fourth-order valence-corrected chi connectivity index (χ4v) is 3.50. The summed E-state index contributed by atoms with van der Waals surface area (Å²) in [4.78, 5) is 15.6. The van der Waals surface area contributed by atoms with Gasteiger partial charge < -0.3 is 10.2 Å². The standard InChI is InChI=1S/C21H21F2N5/c1-28-7-3-4-14(13-28)21-26-19(15-8-17(23)12-24-11-15)10-20(27-21)25-18-6-2-5-16(22)9-18/h2,5-6,8-12,14H,3-4,7,13H2,1H3,(H,25,26,27). The maximum atomic E-state index is 13.7. The first-order chi connectivity index (χ1) is 13.6. The molecular formula is C21H21F2N5. The molecule has 2 aromatic heterocycles. The van der Waals surface area contributed by atoms with Gasteiger partial charge in [0.2, 0.25) is 0 Å². The molecule has 144 valence electrons. The van der Waals surface area contributed by atoms with Crippen molar-refractivity contribution in [3.8, 4) is 11.3 Å². The van der Waals surface area contributed by atoms with Crippen LogP contribution in [-0.2, 0) is 0 Å². The van der Waals surface area contributed by atoms with Gasteiger partial charge in [-0.2, -0.15) is 0 Å². The Bertz CT molecular complexity index is 979. The number of halogens is 2. The molecule has 1 unspecified atom stereocenters. The van der Waals surface area contributed by atoms with Crippen LogP contribution in [0.4, 0.5) is 20.3 Å². The summed E-state index contributed by atoms with van der Waals surface area (Å²) in [5, 5.41) is 3.14. The van der Waals surface area contributed by atoms with Gasteiger partial charge >= 0.3 is 0 Å². The molecule has 7 heteroatoms. The van der Waals surface area contributed by atoms with Gasteiger partial charge in [0.05, 0.1) is 11.9 Å². The molecule has 5 nitrogen and oxygen atoms in total. The molecule has 0 amide bonds. The van der Waals surface area contributed by atoms with Gasteiger partial charge in [-0.05, 0) is 50.7 Å². The number of benzene rings is 1. The van der Waals surface area contributed by atoms with Gasteiger partial charge in [-0.1, -0.05) is 6.07 Å². The van der Waals surface area contributed by atoms with Crippen molar-refractivity contribution >= 4 is 11.5 Å². The Hall–Kier alpha value is -2.93. The van der Waals surface area contributed by atoms with Crippen LogP contribution < -0.4 is 5.32 Å². The Morgan fingerprint density at radius 3 is 2.75 bits per heavy atom. The number of hydrogen-bond donors (Lipinski definition) is 1. The van der Waals surface area contributed by atoms with Crippen LogP contribution in [0.5, 0.6) is 0 Å². The van der Waals surface area contributed by atoms with Gasteiger partial charge in [-0.3, -0.25) is 4.98 Å². The molecule has 1 saturated heterocycles. The summed E-state index contributed by atoms with van der Waals surface area (Å²) in [7, 11) is 2.08. The van der Waals surface area contributed by atoms with Gasteiger partial charge in [-0.15, -0.1) is 0 Å². The van der Waals surface area contributed by atoms with E-state index < -0.39 is 5.82 Å². The molecule has 1 fully saturated rings. The number of piperidine rings is 1. The number of rotatable bonds is 4. The zero-order chi connectivity index (χ0) is 19.5. The lowest BCUT2D eigenvalue weighted by molar-refractivity contribution is 0.246. The third kappa shape index (κ3) is 4.31. The smallest absolute Gasteiger partial charge is 0.142 e. The van der Waals surface area contributed by atoms with E-state index in [1.807, 2.05) is 0 Å². The SMILES string of the molecule is CN1CCCC(c2nc(Nc3cccc(F)c3)cc(-c3cncc(F)c3)n2)C1.